The van der Waals surface area contributed by atoms with Gasteiger partial charge < -0.3 is 19.6 Å². The van der Waals surface area contributed by atoms with E-state index in [0.717, 1.165) is 13.1 Å². The number of ketones is 1. The van der Waals surface area contributed by atoms with Crippen molar-refractivity contribution in [2.75, 3.05) is 32.8 Å². The molecule has 2 aromatic carbocycles. The number of aliphatic hydroxyl groups excluding tert-OH is 1. The van der Waals surface area contributed by atoms with Crippen LogP contribution in [0.2, 0.25) is 0 Å². The van der Waals surface area contributed by atoms with Crippen molar-refractivity contribution in [3.05, 3.63) is 71.0 Å². The first-order chi connectivity index (χ1) is 16.3. The summed E-state index contributed by atoms with van der Waals surface area (Å²) in [5.74, 6) is -1.06. The molecule has 1 fully saturated rings. The van der Waals surface area contributed by atoms with Crippen LogP contribution in [0.15, 0.2) is 54.1 Å². The largest absolute Gasteiger partial charge is 0.507 e. The fourth-order valence-electron chi connectivity index (χ4n) is 4.02. The third-order valence-corrected chi connectivity index (χ3v) is 5.99. The van der Waals surface area contributed by atoms with Crippen LogP contribution in [0.25, 0.3) is 5.76 Å². The van der Waals surface area contributed by atoms with Gasteiger partial charge in [0.1, 0.15) is 17.3 Å². The summed E-state index contributed by atoms with van der Waals surface area (Å²) >= 11 is 0. The second kappa shape index (κ2) is 11.3. The molecule has 0 aromatic heterocycles. The number of carbonyl (C=O) groups is 2. The number of ether oxygens (including phenoxy) is 1. The lowest BCUT2D eigenvalue weighted by molar-refractivity contribution is -0.140. The zero-order valence-electron chi connectivity index (χ0n) is 20.3. The minimum Gasteiger partial charge on any atom is -0.507 e. The van der Waals surface area contributed by atoms with Crippen LogP contribution in [0, 0.1) is 11.7 Å². The molecule has 1 saturated heterocycles. The van der Waals surface area contributed by atoms with Gasteiger partial charge in [0.15, 0.2) is 0 Å². The average molecular weight is 469 g/mol. The van der Waals surface area contributed by atoms with Crippen molar-refractivity contribution in [2.24, 2.45) is 5.92 Å². The van der Waals surface area contributed by atoms with E-state index in [9.17, 15) is 19.1 Å². The number of likely N-dealkylation sites (N-methyl/N-ethyl adjacent to an activating group) is 1. The van der Waals surface area contributed by atoms with Gasteiger partial charge in [-0.15, -0.1) is 0 Å². The fourth-order valence-corrected chi connectivity index (χ4v) is 4.02. The minimum absolute atomic E-state index is 0.00649. The Labute approximate surface area is 200 Å². The molecule has 0 aliphatic carbocycles. The van der Waals surface area contributed by atoms with Gasteiger partial charge in [-0.05, 0) is 61.0 Å². The van der Waals surface area contributed by atoms with Crippen molar-refractivity contribution in [3.8, 4) is 5.75 Å². The molecule has 0 bridgehead atoms. The van der Waals surface area contributed by atoms with Gasteiger partial charge in [0.05, 0.1) is 18.2 Å². The number of halogens is 1. The van der Waals surface area contributed by atoms with Gasteiger partial charge in [0, 0.05) is 18.7 Å². The molecule has 2 aromatic rings. The molecule has 0 saturated carbocycles. The van der Waals surface area contributed by atoms with Crippen LogP contribution in [0.4, 0.5) is 4.39 Å². The van der Waals surface area contributed by atoms with Crippen LogP contribution in [-0.2, 0) is 9.59 Å². The van der Waals surface area contributed by atoms with Gasteiger partial charge in [-0.25, -0.2) is 4.39 Å². The first kappa shape index (κ1) is 25.4. The van der Waals surface area contributed by atoms with Crippen LogP contribution < -0.4 is 4.74 Å². The summed E-state index contributed by atoms with van der Waals surface area (Å²) in [5.41, 5.74) is 0.983. The Morgan fingerprint density at radius 1 is 1.06 bits per heavy atom. The maximum atomic E-state index is 13.6. The van der Waals surface area contributed by atoms with Crippen LogP contribution in [0.1, 0.15) is 44.9 Å². The maximum absolute atomic E-state index is 13.6. The monoisotopic (exact) mass is 468 g/mol. The summed E-state index contributed by atoms with van der Waals surface area (Å²) in [7, 11) is 0. The minimum atomic E-state index is -0.798. The number of benzene rings is 2. The Morgan fingerprint density at radius 2 is 1.68 bits per heavy atom. The molecule has 0 radical (unpaired) electrons. The van der Waals surface area contributed by atoms with Crippen molar-refractivity contribution in [2.45, 2.75) is 33.7 Å². The van der Waals surface area contributed by atoms with E-state index in [0.29, 0.717) is 42.5 Å². The van der Waals surface area contributed by atoms with Gasteiger partial charge >= 0.3 is 0 Å². The van der Waals surface area contributed by atoms with E-state index < -0.39 is 23.5 Å². The van der Waals surface area contributed by atoms with E-state index in [1.807, 2.05) is 13.8 Å². The number of aliphatic hydroxyl groups is 1. The first-order valence-electron chi connectivity index (χ1n) is 11.8. The summed E-state index contributed by atoms with van der Waals surface area (Å²) in [6.07, 6.45) is 0. The number of rotatable bonds is 10. The quantitative estimate of drug-likeness (QED) is 0.313. The van der Waals surface area contributed by atoms with E-state index >= 15 is 0 Å². The number of amides is 1. The third-order valence-electron chi connectivity index (χ3n) is 5.99. The van der Waals surface area contributed by atoms with Crippen molar-refractivity contribution >= 4 is 17.4 Å². The highest BCUT2D eigenvalue weighted by atomic mass is 19.1. The fraction of sp³-hybridized carbons (Fsp3) is 0.407. The molecule has 1 unspecified atom stereocenters. The third kappa shape index (κ3) is 5.65. The molecule has 1 N–H and O–H groups in total. The molecule has 1 amide bonds. The molecule has 6 nitrogen and oxygen atoms in total. The normalized spacial score (nSPS) is 17.7. The molecule has 1 aliphatic heterocycles. The molecule has 182 valence electrons. The van der Waals surface area contributed by atoms with E-state index in [1.54, 1.807) is 36.4 Å². The van der Waals surface area contributed by atoms with Gasteiger partial charge in [0.25, 0.3) is 11.7 Å². The van der Waals surface area contributed by atoms with Crippen molar-refractivity contribution in [1.82, 2.24) is 9.80 Å². The highest BCUT2D eigenvalue weighted by Gasteiger charge is 2.45. The molecule has 1 aliphatic rings. The number of hydrogen-bond donors (Lipinski definition) is 1. The first-order valence-corrected chi connectivity index (χ1v) is 11.8. The Hall–Kier alpha value is -3.19. The molecule has 1 heterocycles. The van der Waals surface area contributed by atoms with E-state index in [2.05, 4.69) is 18.7 Å². The molecule has 3 rings (SSSR count). The molecular weight excluding hydrogens is 435 g/mol. The average Bonchev–Trinajstić information content (AvgIpc) is 3.08. The maximum Gasteiger partial charge on any atom is 0.295 e. The zero-order valence-corrected chi connectivity index (χ0v) is 20.3. The molecule has 7 heteroatoms. The van der Waals surface area contributed by atoms with E-state index in [4.69, 9.17) is 4.74 Å². The number of likely N-dealkylation sites (tertiary alicyclic amines) is 1. The second-order valence-corrected chi connectivity index (χ2v) is 8.80. The number of Topliss-reactive ketones (excluding diaryl/α,β-unsaturated/α-hetero) is 1. The smallest absolute Gasteiger partial charge is 0.295 e. The lowest BCUT2D eigenvalue weighted by atomic mass is 9.95. The topological polar surface area (TPSA) is 70.1 Å². The standard InChI is InChI=1S/C27H33FN2O4/c1-5-29(6-2)15-16-30-24(19-7-11-21(28)12-8-19)23(26(32)27(30)33)25(31)20-9-13-22(14-10-20)34-17-18(3)4/h7-14,18,24,31H,5-6,15-17H2,1-4H3/b25-23+. The van der Waals surface area contributed by atoms with E-state index in [1.165, 1.54) is 17.0 Å². The Balaban J connectivity index is 2.00. The molecular formula is C27H33FN2O4. The number of hydrogen-bond acceptors (Lipinski definition) is 5. The number of nitrogens with zero attached hydrogens (tertiary/aromatic N) is 2. The predicted octanol–water partition coefficient (Wildman–Crippen LogP) is 4.62. The van der Waals surface area contributed by atoms with E-state index in [-0.39, 0.29) is 11.3 Å². The highest BCUT2D eigenvalue weighted by Crippen LogP contribution is 2.39. The van der Waals surface area contributed by atoms with Crippen LogP contribution in [-0.4, -0.2) is 59.4 Å². The second-order valence-electron chi connectivity index (χ2n) is 8.80. The molecule has 0 spiro atoms. The Morgan fingerprint density at radius 3 is 2.24 bits per heavy atom. The SMILES string of the molecule is CCN(CC)CCN1C(=O)C(=O)/C(=C(/O)c2ccc(OCC(C)C)cc2)C1c1ccc(F)cc1. The van der Waals surface area contributed by atoms with Gasteiger partial charge in [0.2, 0.25) is 0 Å². The van der Waals surface area contributed by atoms with Crippen LogP contribution in [0.3, 0.4) is 0 Å². The lowest BCUT2D eigenvalue weighted by Crippen LogP contribution is -2.38. The highest BCUT2D eigenvalue weighted by molar-refractivity contribution is 6.46. The summed E-state index contributed by atoms with van der Waals surface area (Å²) in [5, 5.41) is 11.1. The number of carbonyl (C=O) groups excluding carboxylic acids is 2. The van der Waals surface area contributed by atoms with Crippen molar-refractivity contribution < 1.29 is 23.8 Å². The van der Waals surface area contributed by atoms with Crippen molar-refractivity contribution in [3.63, 3.8) is 0 Å². The van der Waals surface area contributed by atoms with Crippen LogP contribution in [0.5, 0.6) is 5.75 Å². The van der Waals surface area contributed by atoms with Gasteiger partial charge in [-0.1, -0.05) is 39.8 Å². The summed E-state index contributed by atoms with van der Waals surface area (Å²) in [6, 6.07) is 11.7. The van der Waals surface area contributed by atoms with Crippen molar-refractivity contribution in [1.29, 1.82) is 0 Å². The zero-order chi connectivity index (χ0) is 24.8. The van der Waals surface area contributed by atoms with Gasteiger partial charge in [-0.3, -0.25) is 9.59 Å². The summed E-state index contributed by atoms with van der Waals surface area (Å²) in [6.45, 7) is 11.2. The van der Waals surface area contributed by atoms with Crippen LogP contribution >= 0.6 is 0 Å². The summed E-state index contributed by atoms with van der Waals surface area (Å²) in [4.78, 5) is 29.7. The lowest BCUT2D eigenvalue weighted by Gasteiger charge is -2.28. The molecule has 34 heavy (non-hydrogen) atoms. The van der Waals surface area contributed by atoms with Gasteiger partial charge in [-0.2, -0.15) is 0 Å². The summed E-state index contributed by atoms with van der Waals surface area (Å²) < 4.78 is 19.3. The molecule has 1 atom stereocenters. The Kier molecular flexibility index (Phi) is 8.45. The predicted molar refractivity (Wildman–Crippen MR) is 130 cm³/mol. The Bertz CT molecular complexity index is 1030.